The van der Waals surface area contributed by atoms with Gasteiger partial charge in [-0.05, 0) is 36.4 Å². The highest BCUT2D eigenvalue weighted by Gasteiger charge is 2.19. The summed E-state index contributed by atoms with van der Waals surface area (Å²) < 4.78 is 0. The van der Waals surface area contributed by atoms with Gasteiger partial charge < -0.3 is 10.4 Å². The first-order valence-corrected chi connectivity index (χ1v) is 7.51. The zero-order valence-corrected chi connectivity index (χ0v) is 12.7. The van der Waals surface area contributed by atoms with Gasteiger partial charge in [-0.3, -0.25) is 0 Å². The number of rotatable bonds is 5. The quantitative estimate of drug-likeness (QED) is 0.848. The van der Waals surface area contributed by atoms with Crippen LogP contribution in [0.15, 0.2) is 35.7 Å². The maximum atomic E-state index is 11.4. The van der Waals surface area contributed by atoms with Crippen molar-refractivity contribution in [3.63, 3.8) is 0 Å². The minimum atomic E-state index is -0.898. The van der Waals surface area contributed by atoms with Gasteiger partial charge in [0.15, 0.2) is 0 Å². The molecule has 0 spiro atoms. The van der Waals surface area contributed by atoms with E-state index in [0.29, 0.717) is 17.2 Å². The van der Waals surface area contributed by atoms with E-state index in [1.165, 1.54) is 4.88 Å². The monoisotopic (exact) mass is 289 g/mol. The molecule has 0 aliphatic heterocycles. The molecule has 1 unspecified atom stereocenters. The topological polar surface area (TPSA) is 49.3 Å². The standard InChI is InChI=1S/C16H19NO2S/c1-10(2)15(14-5-4-8-20-14)17-13-7-6-11(3)9-12(13)16(18)19/h4-10,15,17H,1-3H3,(H,18,19). The molecule has 20 heavy (non-hydrogen) atoms. The average molecular weight is 289 g/mol. The summed E-state index contributed by atoms with van der Waals surface area (Å²) in [6.45, 7) is 6.16. The Kier molecular flexibility index (Phi) is 4.45. The number of hydrogen-bond donors (Lipinski definition) is 2. The zero-order valence-electron chi connectivity index (χ0n) is 11.9. The summed E-state index contributed by atoms with van der Waals surface area (Å²) in [7, 11) is 0. The van der Waals surface area contributed by atoms with Crippen molar-refractivity contribution in [1.82, 2.24) is 0 Å². The number of aromatic carboxylic acids is 1. The molecule has 0 fully saturated rings. The van der Waals surface area contributed by atoms with Crippen molar-refractivity contribution in [1.29, 1.82) is 0 Å². The van der Waals surface area contributed by atoms with Gasteiger partial charge in [-0.2, -0.15) is 0 Å². The zero-order chi connectivity index (χ0) is 14.7. The fourth-order valence-electron chi connectivity index (χ4n) is 2.16. The van der Waals surface area contributed by atoms with Gasteiger partial charge in [-0.1, -0.05) is 31.5 Å². The molecule has 0 aliphatic carbocycles. The van der Waals surface area contributed by atoms with Crippen molar-refractivity contribution in [2.45, 2.75) is 26.8 Å². The van der Waals surface area contributed by atoms with Gasteiger partial charge in [0.25, 0.3) is 0 Å². The van der Waals surface area contributed by atoms with Gasteiger partial charge in [-0.15, -0.1) is 11.3 Å². The van der Waals surface area contributed by atoms with Crippen LogP contribution in [-0.2, 0) is 0 Å². The van der Waals surface area contributed by atoms with Crippen LogP contribution in [0.1, 0.15) is 40.7 Å². The summed E-state index contributed by atoms with van der Waals surface area (Å²) in [5, 5.41) is 14.8. The number of thiophene rings is 1. The molecule has 2 aromatic rings. The van der Waals surface area contributed by atoms with Crippen LogP contribution in [0, 0.1) is 12.8 Å². The fourth-order valence-corrected chi connectivity index (χ4v) is 3.11. The molecule has 0 saturated carbocycles. The second-order valence-electron chi connectivity index (χ2n) is 5.24. The van der Waals surface area contributed by atoms with Gasteiger partial charge in [0, 0.05) is 10.6 Å². The predicted octanol–water partition coefficient (Wildman–Crippen LogP) is 4.56. The lowest BCUT2D eigenvalue weighted by atomic mass is 10.0. The van der Waals surface area contributed by atoms with Crippen LogP contribution in [0.3, 0.4) is 0 Å². The normalized spacial score (nSPS) is 12.4. The molecule has 1 aromatic carbocycles. The maximum absolute atomic E-state index is 11.4. The fraction of sp³-hybridized carbons (Fsp3) is 0.312. The Hall–Kier alpha value is -1.81. The first-order valence-electron chi connectivity index (χ1n) is 6.63. The molecule has 3 nitrogen and oxygen atoms in total. The van der Waals surface area contributed by atoms with Crippen molar-refractivity contribution >= 4 is 23.0 Å². The van der Waals surface area contributed by atoms with E-state index in [0.717, 1.165) is 5.56 Å². The van der Waals surface area contributed by atoms with Gasteiger partial charge >= 0.3 is 5.97 Å². The van der Waals surface area contributed by atoms with Crippen LogP contribution in [0.2, 0.25) is 0 Å². The molecule has 2 N–H and O–H groups in total. The van der Waals surface area contributed by atoms with E-state index in [1.807, 2.05) is 30.5 Å². The Morgan fingerprint density at radius 1 is 1.30 bits per heavy atom. The molecule has 0 saturated heterocycles. The summed E-state index contributed by atoms with van der Waals surface area (Å²) in [6.07, 6.45) is 0. The number of benzene rings is 1. The molecule has 0 bridgehead atoms. The third kappa shape index (κ3) is 3.20. The lowest BCUT2D eigenvalue weighted by Crippen LogP contribution is -2.17. The molecule has 1 aromatic heterocycles. The molecule has 1 atom stereocenters. The SMILES string of the molecule is Cc1ccc(NC(c2cccs2)C(C)C)c(C(=O)O)c1. The van der Waals surface area contributed by atoms with Crippen LogP contribution >= 0.6 is 11.3 Å². The molecule has 1 heterocycles. The number of nitrogens with one attached hydrogen (secondary N) is 1. The number of hydrogen-bond acceptors (Lipinski definition) is 3. The lowest BCUT2D eigenvalue weighted by molar-refractivity contribution is 0.0697. The first-order chi connectivity index (χ1) is 9.49. The highest BCUT2D eigenvalue weighted by atomic mass is 32.1. The molecule has 0 radical (unpaired) electrons. The minimum absolute atomic E-state index is 0.121. The summed E-state index contributed by atoms with van der Waals surface area (Å²) in [5.74, 6) is -0.526. The van der Waals surface area contributed by atoms with E-state index in [-0.39, 0.29) is 6.04 Å². The van der Waals surface area contributed by atoms with Gasteiger partial charge in [-0.25, -0.2) is 4.79 Å². The Balaban J connectivity index is 2.34. The van der Waals surface area contributed by atoms with Crippen molar-refractivity contribution < 1.29 is 9.90 Å². The Morgan fingerprint density at radius 2 is 2.05 bits per heavy atom. The summed E-state index contributed by atoms with van der Waals surface area (Å²) >= 11 is 1.69. The molecule has 0 amide bonds. The lowest BCUT2D eigenvalue weighted by Gasteiger charge is -2.23. The van der Waals surface area contributed by atoms with Crippen molar-refractivity contribution in [2.75, 3.05) is 5.32 Å². The smallest absolute Gasteiger partial charge is 0.337 e. The Labute approximate surface area is 123 Å². The van der Waals surface area contributed by atoms with Crippen LogP contribution in [0.4, 0.5) is 5.69 Å². The van der Waals surface area contributed by atoms with E-state index in [1.54, 1.807) is 17.4 Å². The third-order valence-corrected chi connectivity index (χ3v) is 4.19. The van der Waals surface area contributed by atoms with E-state index < -0.39 is 5.97 Å². The molecule has 2 rings (SSSR count). The van der Waals surface area contributed by atoms with Gasteiger partial charge in [0.1, 0.15) is 0 Å². The van der Waals surface area contributed by atoms with Crippen molar-refractivity contribution in [2.24, 2.45) is 5.92 Å². The predicted molar refractivity (Wildman–Crippen MR) is 83.7 cm³/mol. The third-order valence-electron chi connectivity index (χ3n) is 3.23. The van der Waals surface area contributed by atoms with Crippen LogP contribution < -0.4 is 5.32 Å². The number of aryl methyl sites for hydroxylation is 1. The average Bonchev–Trinajstić information content (AvgIpc) is 2.90. The van der Waals surface area contributed by atoms with E-state index in [2.05, 4.69) is 25.2 Å². The van der Waals surface area contributed by atoms with Crippen molar-refractivity contribution in [3.8, 4) is 0 Å². The van der Waals surface area contributed by atoms with Gasteiger partial charge in [0.05, 0.1) is 11.6 Å². The molecule has 106 valence electrons. The van der Waals surface area contributed by atoms with E-state index >= 15 is 0 Å². The Bertz CT molecular complexity index is 591. The second-order valence-corrected chi connectivity index (χ2v) is 6.21. The van der Waals surface area contributed by atoms with Gasteiger partial charge in [0.2, 0.25) is 0 Å². The van der Waals surface area contributed by atoms with Crippen LogP contribution in [0.5, 0.6) is 0 Å². The molecular weight excluding hydrogens is 270 g/mol. The maximum Gasteiger partial charge on any atom is 0.337 e. The highest BCUT2D eigenvalue weighted by Crippen LogP contribution is 2.31. The highest BCUT2D eigenvalue weighted by molar-refractivity contribution is 7.10. The number of carboxylic acid groups (broad SMARTS) is 1. The van der Waals surface area contributed by atoms with Crippen LogP contribution in [0.25, 0.3) is 0 Å². The van der Waals surface area contributed by atoms with Crippen LogP contribution in [-0.4, -0.2) is 11.1 Å². The first kappa shape index (κ1) is 14.6. The summed E-state index contributed by atoms with van der Waals surface area (Å²) in [5.41, 5.74) is 1.95. The summed E-state index contributed by atoms with van der Waals surface area (Å²) in [4.78, 5) is 12.6. The number of carboxylic acids is 1. The van der Waals surface area contributed by atoms with E-state index in [9.17, 15) is 9.90 Å². The van der Waals surface area contributed by atoms with Crippen molar-refractivity contribution in [3.05, 3.63) is 51.7 Å². The Morgan fingerprint density at radius 3 is 2.60 bits per heavy atom. The number of anilines is 1. The molecule has 0 aliphatic rings. The largest absolute Gasteiger partial charge is 0.478 e. The van der Waals surface area contributed by atoms with E-state index in [4.69, 9.17) is 0 Å². The summed E-state index contributed by atoms with van der Waals surface area (Å²) in [6, 6.07) is 9.70. The number of carbonyl (C=O) groups is 1. The minimum Gasteiger partial charge on any atom is -0.478 e. The molecule has 4 heteroatoms. The second kappa shape index (κ2) is 6.09. The molecular formula is C16H19NO2S.